The number of nitrogens with zero attached hydrogens (tertiary/aromatic N) is 1. The lowest BCUT2D eigenvalue weighted by molar-refractivity contribution is -0.128. The molecule has 1 fully saturated rings. The fourth-order valence-corrected chi connectivity index (χ4v) is 3.89. The predicted molar refractivity (Wildman–Crippen MR) is 90.5 cm³/mol. The largest absolute Gasteiger partial charge is 0.392 e. The molecule has 1 amide bonds. The molecule has 1 aliphatic rings. The lowest BCUT2D eigenvalue weighted by Crippen LogP contribution is -2.49. The number of thiocarbonyl (C=S) groups is 1. The molecule has 1 aliphatic carbocycles. The minimum Gasteiger partial charge on any atom is -0.392 e. The van der Waals surface area contributed by atoms with Crippen molar-refractivity contribution in [1.82, 2.24) is 10.3 Å². The quantitative estimate of drug-likeness (QED) is 0.645. The number of aromatic nitrogens is 1. The number of carbonyl (C=O) groups is 1. The standard InChI is InChI=1S/C15H23N3OS2/c1-11(12-17-8-9-21-12)10-18-14(19)15(13(16)20)6-4-2-3-5-7-15/h8-9,11H,2-7,10H2,1H3,(H2,16,20)(H,18,19). The highest BCUT2D eigenvalue weighted by atomic mass is 32.1. The Bertz CT molecular complexity index is 479. The van der Waals surface area contributed by atoms with E-state index in [-0.39, 0.29) is 11.8 Å². The predicted octanol–water partition coefficient (Wildman–Crippen LogP) is 2.99. The molecule has 0 spiro atoms. The summed E-state index contributed by atoms with van der Waals surface area (Å²) in [6, 6.07) is 0. The number of hydrogen-bond acceptors (Lipinski definition) is 4. The van der Waals surface area contributed by atoms with Gasteiger partial charge in [-0.3, -0.25) is 4.79 Å². The Kier molecular flexibility index (Phi) is 5.70. The molecule has 0 aromatic carbocycles. The third-order valence-corrected chi connectivity index (χ3v) is 5.70. The molecular weight excluding hydrogens is 302 g/mol. The number of nitrogens with one attached hydrogen (secondary N) is 1. The molecule has 116 valence electrons. The van der Waals surface area contributed by atoms with E-state index in [9.17, 15) is 4.79 Å². The summed E-state index contributed by atoms with van der Waals surface area (Å²) >= 11 is 6.84. The maximum Gasteiger partial charge on any atom is 0.233 e. The average Bonchev–Trinajstić information content (AvgIpc) is 2.88. The molecule has 1 heterocycles. The maximum atomic E-state index is 12.7. The highest BCUT2D eigenvalue weighted by Crippen LogP contribution is 2.36. The van der Waals surface area contributed by atoms with Crippen LogP contribution in [0.25, 0.3) is 0 Å². The van der Waals surface area contributed by atoms with E-state index >= 15 is 0 Å². The topological polar surface area (TPSA) is 68.0 Å². The minimum atomic E-state index is -0.644. The van der Waals surface area contributed by atoms with Crippen LogP contribution in [-0.4, -0.2) is 22.4 Å². The van der Waals surface area contributed by atoms with Crippen LogP contribution in [0.15, 0.2) is 11.6 Å². The van der Waals surface area contributed by atoms with Crippen molar-refractivity contribution < 1.29 is 4.79 Å². The molecule has 1 atom stereocenters. The Labute approximate surface area is 135 Å². The van der Waals surface area contributed by atoms with Crippen molar-refractivity contribution in [2.45, 2.75) is 51.4 Å². The van der Waals surface area contributed by atoms with Gasteiger partial charge in [-0.25, -0.2) is 4.98 Å². The number of nitrogens with two attached hydrogens (primary N) is 1. The zero-order valence-electron chi connectivity index (χ0n) is 12.4. The van der Waals surface area contributed by atoms with Crippen molar-refractivity contribution in [2.75, 3.05) is 6.54 Å². The summed E-state index contributed by atoms with van der Waals surface area (Å²) in [6.45, 7) is 2.65. The summed E-state index contributed by atoms with van der Waals surface area (Å²) in [6.07, 6.45) is 7.71. The maximum absolute atomic E-state index is 12.7. The molecule has 4 nitrogen and oxygen atoms in total. The molecule has 2 rings (SSSR count). The minimum absolute atomic E-state index is 0.000283. The molecule has 1 saturated carbocycles. The zero-order chi connectivity index (χ0) is 15.3. The summed E-state index contributed by atoms with van der Waals surface area (Å²) in [4.78, 5) is 17.3. The highest BCUT2D eigenvalue weighted by Gasteiger charge is 2.41. The van der Waals surface area contributed by atoms with Crippen LogP contribution >= 0.6 is 23.6 Å². The Balaban J connectivity index is 2.00. The van der Waals surface area contributed by atoms with Crippen molar-refractivity contribution >= 4 is 34.5 Å². The van der Waals surface area contributed by atoms with Crippen LogP contribution in [0.3, 0.4) is 0 Å². The van der Waals surface area contributed by atoms with Crippen LogP contribution in [0, 0.1) is 5.41 Å². The number of thiazole rings is 1. The summed E-state index contributed by atoms with van der Waals surface area (Å²) in [5.41, 5.74) is 5.29. The van der Waals surface area contributed by atoms with Crippen LogP contribution < -0.4 is 11.1 Å². The third-order valence-electron chi connectivity index (χ3n) is 4.31. The fraction of sp³-hybridized carbons (Fsp3) is 0.667. The monoisotopic (exact) mass is 325 g/mol. The van der Waals surface area contributed by atoms with Crippen molar-refractivity contribution in [3.63, 3.8) is 0 Å². The zero-order valence-corrected chi connectivity index (χ0v) is 14.1. The van der Waals surface area contributed by atoms with Gasteiger partial charge < -0.3 is 11.1 Å². The van der Waals surface area contributed by atoms with Crippen molar-refractivity contribution in [3.05, 3.63) is 16.6 Å². The van der Waals surface area contributed by atoms with E-state index < -0.39 is 5.41 Å². The van der Waals surface area contributed by atoms with E-state index in [2.05, 4.69) is 17.2 Å². The van der Waals surface area contributed by atoms with Crippen LogP contribution in [0.1, 0.15) is 56.4 Å². The van der Waals surface area contributed by atoms with E-state index in [1.165, 1.54) is 0 Å². The van der Waals surface area contributed by atoms with Gasteiger partial charge in [0, 0.05) is 24.0 Å². The normalized spacial score (nSPS) is 19.5. The number of rotatable bonds is 5. The van der Waals surface area contributed by atoms with Crippen LogP contribution in [-0.2, 0) is 4.79 Å². The molecule has 21 heavy (non-hydrogen) atoms. The smallest absolute Gasteiger partial charge is 0.233 e. The summed E-state index contributed by atoms with van der Waals surface area (Å²) in [5, 5.41) is 6.05. The van der Waals surface area contributed by atoms with Gasteiger partial charge in [0.25, 0.3) is 0 Å². The SMILES string of the molecule is CC(CNC(=O)C1(C(N)=S)CCCCCC1)c1nccs1. The van der Waals surface area contributed by atoms with Gasteiger partial charge in [-0.1, -0.05) is 44.8 Å². The molecule has 0 radical (unpaired) electrons. The first kappa shape index (κ1) is 16.4. The van der Waals surface area contributed by atoms with Gasteiger partial charge in [0.1, 0.15) is 0 Å². The molecule has 0 aliphatic heterocycles. The number of amides is 1. The molecule has 0 bridgehead atoms. The summed E-state index contributed by atoms with van der Waals surface area (Å²) < 4.78 is 0. The first-order chi connectivity index (χ1) is 10.1. The van der Waals surface area contributed by atoms with Gasteiger partial charge in [-0.15, -0.1) is 11.3 Å². The Morgan fingerprint density at radius 1 is 1.48 bits per heavy atom. The Hall–Kier alpha value is -1.01. The number of carbonyl (C=O) groups excluding carboxylic acids is 1. The molecule has 6 heteroatoms. The molecule has 1 aromatic heterocycles. The lowest BCUT2D eigenvalue weighted by Gasteiger charge is -2.30. The molecular formula is C15H23N3OS2. The lowest BCUT2D eigenvalue weighted by atomic mass is 9.79. The first-order valence-electron chi connectivity index (χ1n) is 7.54. The summed E-state index contributed by atoms with van der Waals surface area (Å²) in [7, 11) is 0. The van der Waals surface area contributed by atoms with Gasteiger partial charge in [0.05, 0.1) is 15.4 Å². The molecule has 3 N–H and O–H groups in total. The molecule has 1 unspecified atom stereocenters. The van der Waals surface area contributed by atoms with E-state index in [1.54, 1.807) is 17.5 Å². The fourth-order valence-electron chi connectivity index (χ4n) is 2.90. The second kappa shape index (κ2) is 7.31. The first-order valence-corrected chi connectivity index (χ1v) is 8.82. The number of hydrogen-bond donors (Lipinski definition) is 2. The van der Waals surface area contributed by atoms with Gasteiger partial charge in [-0.2, -0.15) is 0 Å². The van der Waals surface area contributed by atoms with Crippen LogP contribution in [0.2, 0.25) is 0 Å². The third kappa shape index (κ3) is 3.80. The van der Waals surface area contributed by atoms with E-state index in [4.69, 9.17) is 18.0 Å². The highest BCUT2D eigenvalue weighted by molar-refractivity contribution is 7.80. The molecule has 0 saturated heterocycles. The Morgan fingerprint density at radius 2 is 2.14 bits per heavy atom. The van der Waals surface area contributed by atoms with Crippen molar-refractivity contribution in [1.29, 1.82) is 0 Å². The molecule has 1 aromatic rings. The van der Waals surface area contributed by atoms with Crippen molar-refractivity contribution in [2.24, 2.45) is 11.1 Å². The van der Waals surface area contributed by atoms with Gasteiger partial charge in [0.15, 0.2) is 0 Å². The van der Waals surface area contributed by atoms with E-state index in [1.807, 2.05) is 5.38 Å². The van der Waals surface area contributed by atoms with Gasteiger partial charge in [0.2, 0.25) is 5.91 Å². The van der Waals surface area contributed by atoms with Crippen molar-refractivity contribution in [3.8, 4) is 0 Å². The van der Waals surface area contributed by atoms with Gasteiger partial charge in [-0.05, 0) is 12.8 Å². The summed E-state index contributed by atoms with van der Waals surface area (Å²) in [5.74, 6) is 0.212. The van der Waals surface area contributed by atoms with E-state index in [0.717, 1.165) is 43.5 Å². The van der Waals surface area contributed by atoms with Crippen LogP contribution in [0.4, 0.5) is 0 Å². The van der Waals surface area contributed by atoms with E-state index in [0.29, 0.717) is 11.5 Å². The van der Waals surface area contributed by atoms with Gasteiger partial charge >= 0.3 is 0 Å². The van der Waals surface area contributed by atoms with Crippen LogP contribution in [0.5, 0.6) is 0 Å². The Morgan fingerprint density at radius 3 is 2.67 bits per heavy atom. The second-order valence-corrected chi connectivity index (χ2v) is 7.21. The second-order valence-electron chi connectivity index (χ2n) is 5.84. The average molecular weight is 326 g/mol.